The zero-order valence-corrected chi connectivity index (χ0v) is 19.6. The van der Waals surface area contributed by atoms with E-state index in [1.54, 1.807) is 38.5 Å². The van der Waals surface area contributed by atoms with Crippen LogP contribution in [0.3, 0.4) is 0 Å². The lowest BCUT2D eigenvalue weighted by Gasteiger charge is -2.26. The summed E-state index contributed by atoms with van der Waals surface area (Å²) in [6.45, 7) is 8.83. The predicted octanol–water partition coefficient (Wildman–Crippen LogP) is 2.69. The summed E-state index contributed by atoms with van der Waals surface area (Å²) in [7, 11) is 3.11. The molecule has 174 valence electrons. The lowest BCUT2D eigenvalue weighted by molar-refractivity contribution is -0.137. The SMILES string of the molecule is COCCN(CC(=O)NCC(=O)Nc1ccc(OC)cc1)C(=O)CC(C)CC(C)(C)C. The molecule has 31 heavy (non-hydrogen) atoms. The van der Waals surface area contributed by atoms with E-state index in [9.17, 15) is 14.4 Å². The van der Waals surface area contributed by atoms with E-state index in [1.165, 1.54) is 4.90 Å². The van der Waals surface area contributed by atoms with Crippen LogP contribution < -0.4 is 15.4 Å². The van der Waals surface area contributed by atoms with Gasteiger partial charge in [-0.05, 0) is 42.0 Å². The molecule has 1 rings (SSSR count). The van der Waals surface area contributed by atoms with Crippen molar-refractivity contribution in [1.82, 2.24) is 10.2 Å². The number of benzene rings is 1. The third kappa shape index (κ3) is 11.4. The van der Waals surface area contributed by atoms with Crippen LogP contribution in [-0.4, -0.2) is 63.1 Å². The van der Waals surface area contributed by atoms with Gasteiger partial charge in [-0.3, -0.25) is 14.4 Å². The Morgan fingerprint density at radius 3 is 2.26 bits per heavy atom. The van der Waals surface area contributed by atoms with Gasteiger partial charge in [0, 0.05) is 25.8 Å². The minimum absolute atomic E-state index is 0.0911. The summed E-state index contributed by atoms with van der Waals surface area (Å²) in [4.78, 5) is 38.6. The summed E-state index contributed by atoms with van der Waals surface area (Å²) >= 11 is 0. The highest BCUT2D eigenvalue weighted by Gasteiger charge is 2.22. The van der Waals surface area contributed by atoms with Crippen LogP contribution in [0, 0.1) is 11.3 Å². The van der Waals surface area contributed by atoms with Gasteiger partial charge < -0.3 is 25.0 Å². The maximum atomic E-state index is 12.7. The van der Waals surface area contributed by atoms with Gasteiger partial charge in [-0.25, -0.2) is 0 Å². The molecular formula is C23H37N3O5. The van der Waals surface area contributed by atoms with Gasteiger partial charge >= 0.3 is 0 Å². The average Bonchev–Trinajstić information content (AvgIpc) is 2.68. The number of nitrogens with zero attached hydrogens (tertiary/aromatic N) is 1. The van der Waals surface area contributed by atoms with Crippen molar-refractivity contribution in [2.24, 2.45) is 11.3 Å². The molecular weight excluding hydrogens is 398 g/mol. The summed E-state index contributed by atoms with van der Waals surface area (Å²) in [6, 6.07) is 6.88. The summed E-state index contributed by atoms with van der Waals surface area (Å²) in [6.07, 6.45) is 1.28. The number of hydrogen-bond donors (Lipinski definition) is 2. The van der Waals surface area contributed by atoms with E-state index in [0.29, 0.717) is 31.0 Å². The highest BCUT2D eigenvalue weighted by molar-refractivity contribution is 5.95. The van der Waals surface area contributed by atoms with Crippen LogP contribution in [0.25, 0.3) is 0 Å². The maximum absolute atomic E-state index is 12.7. The molecule has 1 unspecified atom stereocenters. The monoisotopic (exact) mass is 435 g/mol. The Morgan fingerprint density at radius 2 is 1.71 bits per heavy atom. The van der Waals surface area contributed by atoms with Crippen molar-refractivity contribution >= 4 is 23.4 Å². The zero-order valence-electron chi connectivity index (χ0n) is 19.6. The van der Waals surface area contributed by atoms with Crippen molar-refractivity contribution in [2.45, 2.75) is 40.5 Å². The molecule has 8 heteroatoms. The van der Waals surface area contributed by atoms with Gasteiger partial charge in [0.15, 0.2) is 0 Å². The molecule has 3 amide bonds. The van der Waals surface area contributed by atoms with Crippen molar-refractivity contribution < 1.29 is 23.9 Å². The van der Waals surface area contributed by atoms with E-state index in [0.717, 1.165) is 6.42 Å². The number of carbonyl (C=O) groups is 3. The summed E-state index contributed by atoms with van der Waals surface area (Å²) in [5.41, 5.74) is 0.732. The Labute approximate surface area is 185 Å². The van der Waals surface area contributed by atoms with Crippen molar-refractivity contribution in [2.75, 3.05) is 45.8 Å². The van der Waals surface area contributed by atoms with E-state index in [4.69, 9.17) is 9.47 Å². The second kappa shape index (κ2) is 12.9. The quantitative estimate of drug-likeness (QED) is 0.526. The number of anilines is 1. The molecule has 0 radical (unpaired) electrons. The second-order valence-electron chi connectivity index (χ2n) is 8.94. The molecule has 1 atom stereocenters. The number of amides is 3. The molecule has 1 aromatic carbocycles. The molecule has 0 aliphatic rings. The van der Waals surface area contributed by atoms with Crippen LogP contribution in [0.2, 0.25) is 0 Å². The minimum atomic E-state index is -0.391. The van der Waals surface area contributed by atoms with E-state index >= 15 is 0 Å². The van der Waals surface area contributed by atoms with Gasteiger partial charge in [0.2, 0.25) is 17.7 Å². The third-order valence-corrected chi connectivity index (χ3v) is 4.56. The number of carbonyl (C=O) groups excluding carboxylic acids is 3. The number of methoxy groups -OCH3 is 2. The van der Waals surface area contributed by atoms with E-state index in [1.807, 2.05) is 6.92 Å². The molecule has 0 aliphatic carbocycles. The topological polar surface area (TPSA) is 97.0 Å². The zero-order chi connectivity index (χ0) is 23.4. The van der Waals surface area contributed by atoms with Gasteiger partial charge in [0.05, 0.1) is 26.8 Å². The number of nitrogens with one attached hydrogen (secondary N) is 2. The molecule has 0 saturated heterocycles. The largest absolute Gasteiger partial charge is 0.497 e. The van der Waals surface area contributed by atoms with Crippen molar-refractivity contribution in [1.29, 1.82) is 0 Å². The molecule has 0 saturated carbocycles. The molecule has 1 aromatic rings. The molecule has 0 aromatic heterocycles. The fourth-order valence-electron chi connectivity index (χ4n) is 3.33. The van der Waals surface area contributed by atoms with Crippen molar-refractivity contribution in [3.05, 3.63) is 24.3 Å². The average molecular weight is 436 g/mol. The van der Waals surface area contributed by atoms with Gasteiger partial charge in [0.1, 0.15) is 5.75 Å². The summed E-state index contributed by atoms with van der Waals surface area (Å²) in [5.74, 6) is 0.0522. The first-order valence-electron chi connectivity index (χ1n) is 10.5. The first-order valence-corrected chi connectivity index (χ1v) is 10.5. The van der Waals surface area contributed by atoms with Gasteiger partial charge in [0.25, 0.3) is 0 Å². The lowest BCUT2D eigenvalue weighted by atomic mass is 9.84. The van der Waals surface area contributed by atoms with Crippen LogP contribution >= 0.6 is 0 Å². The Bertz CT molecular complexity index is 713. The van der Waals surface area contributed by atoms with Crippen LogP contribution in [0.4, 0.5) is 5.69 Å². The molecule has 2 N–H and O–H groups in total. The van der Waals surface area contributed by atoms with E-state index < -0.39 is 5.91 Å². The highest BCUT2D eigenvalue weighted by Crippen LogP contribution is 2.26. The maximum Gasteiger partial charge on any atom is 0.243 e. The Kier molecular flexibility index (Phi) is 11.0. The van der Waals surface area contributed by atoms with Crippen LogP contribution in [0.15, 0.2) is 24.3 Å². The first kappa shape index (κ1) is 26.4. The van der Waals surface area contributed by atoms with E-state index in [-0.39, 0.29) is 36.2 Å². The standard InChI is InChI=1S/C23H37N3O5/c1-17(14-23(2,3)4)13-22(29)26(11-12-30-5)16-21(28)24-15-20(27)25-18-7-9-19(31-6)10-8-18/h7-10,17H,11-16H2,1-6H3,(H,24,28)(H,25,27). The lowest BCUT2D eigenvalue weighted by Crippen LogP contribution is -2.44. The van der Waals surface area contributed by atoms with Crippen molar-refractivity contribution in [3.63, 3.8) is 0 Å². The first-order chi connectivity index (χ1) is 14.5. The van der Waals surface area contributed by atoms with Gasteiger partial charge in [-0.15, -0.1) is 0 Å². The third-order valence-electron chi connectivity index (χ3n) is 4.56. The molecule has 0 bridgehead atoms. The Balaban J connectivity index is 2.53. The number of ether oxygens (including phenoxy) is 2. The molecule has 0 spiro atoms. The van der Waals surface area contributed by atoms with E-state index in [2.05, 4.69) is 31.4 Å². The van der Waals surface area contributed by atoms with Crippen LogP contribution in [0.5, 0.6) is 5.75 Å². The highest BCUT2D eigenvalue weighted by atomic mass is 16.5. The van der Waals surface area contributed by atoms with Gasteiger partial charge in [-0.1, -0.05) is 27.7 Å². The van der Waals surface area contributed by atoms with Gasteiger partial charge in [-0.2, -0.15) is 0 Å². The number of rotatable bonds is 12. The predicted molar refractivity (Wildman–Crippen MR) is 121 cm³/mol. The fraction of sp³-hybridized carbons (Fsp3) is 0.609. The Hall–Kier alpha value is -2.61. The summed E-state index contributed by atoms with van der Waals surface area (Å²) in [5, 5.41) is 5.27. The fourth-order valence-corrected chi connectivity index (χ4v) is 3.33. The van der Waals surface area contributed by atoms with Crippen LogP contribution in [-0.2, 0) is 19.1 Å². The van der Waals surface area contributed by atoms with Crippen molar-refractivity contribution in [3.8, 4) is 5.75 Å². The molecule has 8 nitrogen and oxygen atoms in total. The second-order valence-corrected chi connectivity index (χ2v) is 8.94. The summed E-state index contributed by atoms with van der Waals surface area (Å²) < 4.78 is 10.1. The van der Waals surface area contributed by atoms with Crippen LogP contribution in [0.1, 0.15) is 40.5 Å². The molecule has 0 fully saturated rings. The Morgan fingerprint density at radius 1 is 1.06 bits per heavy atom. The minimum Gasteiger partial charge on any atom is -0.497 e. The number of hydrogen-bond acceptors (Lipinski definition) is 5. The molecule has 0 aliphatic heterocycles. The smallest absolute Gasteiger partial charge is 0.243 e. The normalized spacial score (nSPS) is 12.1. The molecule has 0 heterocycles.